The average molecular weight is 439 g/mol. The van der Waals surface area contributed by atoms with Crippen molar-refractivity contribution in [3.05, 3.63) is 46.1 Å². The molecule has 3 heterocycles. The summed E-state index contributed by atoms with van der Waals surface area (Å²) in [6.45, 7) is 2.98. The highest BCUT2D eigenvalue weighted by atomic mass is 35.5. The molecule has 0 fully saturated rings. The highest BCUT2D eigenvalue weighted by molar-refractivity contribution is 7.99. The molecule has 0 aliphatic carbocycles. The molecule has 0 bridgehead atoms. The first-order valence-electron chi connectivity index (χ1n) is 8.53. The molecule has 2 aromatic heterocycles. The molecule has 4 rings (SSSR count). The maximum absolute atomic E-state index is 12.4. The van der Waals surface area contributed by atoms with Gasteiger partial charge in [0.05, 0.1) is 21.8 Å². The van der Waals surface area contributed by atoms with Gasteiger partial charge in [0.1, 0.15) is 13.2 Å². The third kappa shape index (κ3) is 3.99. The Morgan fingerprint density at radius 2 is 2.04 bits per heavy atom. The number of benzene rings is 1. The van der Waals surface area contributed by atoms with Gasteiger partial charge in [-0.05, 0) is 30.7 Å². The fourth-order valence-electron chi connectivity index (χ4n) is 2.83. The molecule has 0 saturated heterocycles. The Bertz CT molecular complexity index is 1040. The number of hydrogen-bond donors (Lipinski definition) is 1. The summed E-state index contributed by atoms with van der Waals surface area (Å²) in [7, 11) is 0. The first kappa shape index (κ1) is 19.2. The van der Waals surface area contributed by atoms with E-state index in [-0.39, 0.29) is 17.7 Å². The smallest absolute Gasteiger partial charge is 0.230 e. The van der Waals surface area contributed by atoms with Gasteiger partial charge in [-0.2, -0.15) is 0 Å². The third-order valence-electron chi connectivity index (χ3n) is 4.17. The molecule has 0 radical (unpaired) electrons. The van der Waals surface area contributed by atoms with Gasteiger partial charge in [-0.1, -0.05) is 41.0 Å². The number of nitrogens with zero attached hydrogens (tertiary/aromatic N) is 3. The number of hydrogen-bond acceptors (Lipinski definition) is 6. The molecule has 0 spiro atoms. The molecule has 1 aliphatic heterocycles. The number of amides is 1. The number of aromatic nitrogens is 3. The van der Waals surface area contributed by atoms with Gasteiger partial charge in [0.15, 0.2) is 22.3 Å². The van der Waals surface area contributed by atoms with Crippen LogP contribution >= 0.6 is 35.0 Å². The number of carbonyl (C=O) groups excluding carboxylic acids is 1. The average Bonchev–Trinajstić information content (AvgIpc) is 3.09. The van der Waals surface area contributed by atoms with Crippen LogP contribution in [0.1, 0.15) is 18.5 Å². The zero-order valence-corrected chi connectivity index (χ0v) is 17.1. The summed E-state index contributed by atoms with van der Waals surface area (Å²) in [5, 5.41) is 12.5. The summed E-state index contributed by atoms with van der Waals surface area (Å²) in [6, 6.07) is 7.09. The number of carbonyl (C=O) groups is 1. The molecule has 1 aromatic carbocycles. The summed E-state index contributed by atoms with van der Waals surface area (Å²) in [5.74, 6) is 1.47. The van der Waals surface area contributed by atoms with Gasteiger partial charge in [-0.15, -0.1) is 10.2 Å². The van der Waals surface area contributed by atoms with Crippen molar-refractivity contribution >= 4 is 46.5 Å². The molecule has 3 aromatic rings. The maximum atomic E-state index is 12.4. The summed E-state index contributed by atoms with van der Waals surface area (Å²) >= 11 is 13.4. The minimum absolute atomic E-state index is 0.128. The largest absolute Gasteiger partial charge is 0.486 e. The minimum atomic E-state index is -0.178. The Hall–Kier alpha value is -2.16. The van der Waals surface area contributed by atoms with Gasteiger partial charge >= 0.3 is 0 Å². The molecule has 28 heavy (non-hydrogen) atoms. The van der Waals surface area contributed by atoms with Gasteiger partial charge < -0.3 is 14.8 Å². The second kappa shape index (κ2) is 8.06. The van der Waals surface area contributed by atoms with E-state index >= 15 is 0 Å². The first-order chi connectivity index (χ1) is 13.5. The van der Waals surface area contributed by atoms with E-state index in [1.165, 1.54) is 11.8 Å². The number of ether oxygens (including phenoxy) is 2. The Morgan fingerprint density at radius 1 is 1.25 bits per heavy atom. The molecular weight excluding hydrogens is 423 g/mol. The maximum Gasteiger partial charge on any atom is 0.230 e. The lowest BCUT2D eigenvalue weighted by Gasteiger charge is -2.21. The molecule has 1 amide bonds. The molecule has 1 aliphatic rings. The van der Waals surface area contributed by atoms with Crippen molar-refractivity contribution in [3.63, 3.8) is 0 Å². The van der Waals surface area contributed by atoms with Gasteiger partial charge in [-0.25, -0.2) is 0 Å². The van der Waals surface area contributed by atoms with Crippen molar-refractivity contribution in [1.82, 2.24) is 19.9 Å². The zero-order valence-electron chi connectivity index (χ0n) is 14.8. The van der Waals surface area contributed by atoms with E-state index in [1.807, 2.05) is 25.1 Å². The fraction of sp³-hybridized carbons (Fsp3) is 0.278. The highest BCUT2D eigenvalue weighted by Gasteiger charge is 2.17. The first-order valence-corrected chi connectivity index (χ1v) is 10.3. The number of thioether (sulfide) groups is 1. The lowest BCUT2D eigenvalue weighted by Crippen LogP contribution is -2.28. The van der Waals surface area contributed by atoms with Gasteiger partial charge in [0, 0.05) is 6.20 Å². The van der Waals surface area contributed by atoms with E-state index in [2.05, 4.69) is 15.5 Å². The van der Waals surface area contributed by atoms with Gasteiger partial charge in [0.2, 0.25) is 5.91 Å². The van der Waals surface area contributed by atoms with Crippen molar-refractivity contribution in [2.24, 2.45) is 0 Å². The van der Waals surface area contributed by atoms with Crippen LogP contribution in [-0.2, 0) is 4.79 Å². The van der Waals surface area contributed by atoms with Crippen molar-refractivity contribution in [2.75, 3.05) is 19.0 Å². The Morgan fingerprint density at radius 3 is 2.86 bits per heavy atom. The van der Waals surface area contributed by atoms with Crippen molar-refractivity contribution < 1.29 is 14.3 Å². The van der Waals surface area contributed by atoms with Crippen molar-refractivity contribution in [2.45, 2.75) is 18.1 Å². The quantitative estimate of drug-likeness (QED) is 0.610. The molecule has 1 unspecified atom stereocenters. The van der Waals surface area contributed by atoms with E-state index < -0.39 is 0 Å². The van der Waals surface area contributed by atoms with Crippen LogP contribution in [0, 0.1) is 0 Å². The monoisotopic (exact) mass is 438 g/mol. The van der Waals surface area contributed by atoms with Crippen molar-refractivity contribution in [1.29, 1.82) is 0 Å². The van der Waals surface area contributed by atoms with Crippen LogP contribution in [0.4, 0.5) is 0 Å². The van der Waals surface area contributed by atoms with Crippen molar-refractivity contribution in [3.8, 4) is 11.5 Å². The van der Waals surface area contributed by atoms with Gasteiger partial charge in [-0.3, -0.25) is 9.20 Å². The predicted molar refractivity (Wildman–Crippen MR) is 108 cm³/mol. The van der Waals surface area contributed by atoms with E-state index in [9.17, 15) is 4.79 Å². The molecule has 10 heteroatoms. The summed E-state index contributed by atoms with van der Waals surface area (Å²) in [5.41, 5.74) is 1.44. The summed E-state index contributed by atoms with van der Waals surface area (Å²) in [6.07, 6.45) is 1.67. The number of halogens is 2. The van der Waals surface area contributed by atoms with Crippen LogP contribution in [0.5, 0.6) is 11.5 Å². The molecule has 0 saturated carbocycles. The SMILES string of the molecule is CC(NC(=O)CSc1nnc2c(Cl)cc(Cl)cn12)c1ccc2c(c1)OCCO2. The van der Waals surface area contributed by atoms with E-state index in [0.717, 1.165) is 11.3 Å². The lowest BCUT2D eigenvalue weighted by molar-refractivity contribution is -0.119. The zero-order chi connectivity index (χ0) is 19.7. The molecular formula is C18H16Cl2N4O3S. The van der Waals surface area contributed by atoms with Crippen LogP contribution in [0.15, 0.2) is 35.6 Å². The summed E-state index contributed by atoms with van der Waals surface area (Å²) in [4.78, 5) is 12.4. The van der Waals surface area contributed by atoms with Gasteiger partial charge in [0.25, 0.3) is 0 Å². The van der Waals surface area contributed by atoms with Crippen LogP contribution in [-0.4, -0.2) is 39.5 Å². The predicted octanol–water partition coefficient (Wildman–Crippen LogP) is 3.78. The standard InChI is InChI=1S/C18H16Cl2N4O3S/c1-10(11-2-3-14-15(6-11)27-5-4-26-14)21-16(25)9-28-18-23-22-17-13(20)7-12(19)8-24(17)18/h2-3,6-8,10H,4-5,9H2,1H3,(H,21,25). The highest BCUT2D eigenvalue weighted by Crippen LogP contribution is 2.32. The minimum Gasteiger partial charge on any atom is -0.486 e. The van der Waals surface area contributed by atoms with E-state index in [0.29, 0.717) is 39.8 Å². The molecule has 7 nitrogen and oxygen atoms in total. The summed E-state index contributed by atoms with van der Waals surface area (Å²) < 4.78 is 12.8. The van der Waals surface area contributed by atoms with Crippen LogP contribution < -0.4 is 14.8 Å². The third-order valence-corrected chi connectivity index (χ3v) is 5.60. The van der Waals surface area contributed by atoms with E-state index in [1.54, 1.807) is 16.7 Å². The number of fused-ring (bicyclic) bond motifs is 2. The number of nitrogens with one attached hydrogen (secondary N) is 1. The second-order valence-electron chi connectivity index (χ2n) is 6.16. The van der Waals surface area contributed by atoms with Crippen LogP contribution in [0.2, 0.25) is 10.0 Å². The Balaban J connectivity index is 1.39. The van der Waals surface area contributed by atoms with Crippen LogP contribution in [0.25, 0.3) is 5.65 Å². The van der Waals surface area contributed by atoms with Crippen LogP contribution in [0.3, 0.4) is 0 Å². The fourth-order valence-corrected chi connectivity index (χ4v) is 4.06. The molecule has 1 atom stereocenters. The Labute approximate surface area is 175 Å². The number of rotatable bonds is 5. The van der Waals surface area contributed by atoms with E-state index in [4.69, 9.17) is 32.7 Å². The number of pyridine rings is 1. The normalized spacial score (nSPS) is 14.1. The molecule has 1 N–H and O–H groups in total. The lowest BCUT2D eigenvalue weighted by atomic mass is 10.1. The molecule has 146 valence electrons. The Kier molecular flexibility index (Phi) is 5.52. The second-order valence-corrected chi connectivity index (χ2v) is 7.95. The topological polar surface area (TPSA) is 77.8 Å².